The van der Waals surface area contributed by atoms with Gasteiger partial charge >= 0.3 is 0 Å². The number of nitrogens with zero attached hydrogens (tertiary/aromatic N) is 1. The van der Waals surface area contributed by atoms with Crippen LogP contribution in [0.25, 0.3) is 0 Å². The molecular formula is C14H17NS. The average molecular weight is 231 g/mol. The molecule has 2 heteroatoms. The fourth-order valence-corrected chi connectivity index (χ4v) is 2.65. The quantitative estimate of drug-likeness (QED) is 0.772. The lowest BCUT2D eigenvalue weighted by atomic mass is 10.1. The van der Waals surface area contributed by atoms with E-state index in [0.717, 1.165) is 6.42 Å². The Morgan fingerprint density at radius 3 is 2.75 bits per heavy atom. The van der Waals surface area contributed by atoms with Crippen molar-refractivity contribution in [3.8, 4) is 0 Å². The molecule has 2 rings (SSSR count). The Balaban J connectivity index is 2.14. The molecule has 0 aliphatic carbocycles. The molecule has 0 aliphatic heterocycles. The monoisotopic (exact) mass is 231 g/mol. The van der Waals surface area contributed by atoms with E-state index in [4.69, 9.17) is 0 Å². The van der Waals surface area contributed by atoms with E-state index in [1.165, 1.54) is 21.0 Å². The highest BCUT2D eigenvalue weighted by molar-refractivity contribution is 7.11. The maximum atomic E-state index is 4.45. The molecule has 0 spiro atoms. The van der Waals surface area contributed by atoms with Gasteiger partial charge in [-0.1, -0.05) is 43.7 Å². The SMILES string of the molecule is Cc1cccc(Cc2cnc(C(C)C)s2)c1. The van der Waals surface area contributed by atoms with Gasteiger partial charge in [0.05, 0.1) is 5.01 Å². The summed E-state index contributed by atoms with van der Waals surface area (Å²) >= 11 is 1.83. The van der Waals surface area contributed by atoms with Gasteiger partial charge in [-0.3, -0.25) is 0 Å². The number of aromatic nitrogens is 1. The topological polar surface area (TPSA) is 12.9 Å². The standard InChI is InChI=1S/C14H17NS/c1-10(2)14-15-9-13(16-14)8-12-6-4-5-11(3)7-12/h4-7,9-10H,8H2,1-3H3. The number of hydrogen-bond acceptors (Lipinski definition) is 2. The Labute approximate surface area is 101 Å². The van der Waals surface area contributed by atoms with Crippen molar-refractivity contribution in [2.75, 3.05) is 0 Å². The van der Waals surface area contributed by atoms with Crippen molar-refractivity contribution >= 4 is 11.3 Å². The molecule has 0 N–H and O–H groups in total. The Morgan fingerprint density at radius 1 is 1.31 bits per heavy atom. The van der Waals surface area contributed by atoms with Crippen LogP contribution in [0.1, 0.15) is 40.8 Å². The summed E-state index contributed by atoms with van der Waals surface area (Å²) in [7, 11) is 0. The molecule has 0 unspecified atom stereocenters. The van der Waals surface area contributed by atoms with Crippen LogP contribution in [0.3, 0.4) is 0 Å². The Morgan fingerprint density at radius 2 is 2.12 bits per heavy atom. The summed E-state index contributed by atoms with van der Waals surface area (Å²) in [5, 5.41) is 1.24. The van der Waals surface area contributed by atoms with E-state index in [1.54, 1.807) is 0 Å². The molecule has 0 bridgehead atoms. The summed E-state index contributed by atoms with van der Waals surface area (Å²) in [6.45, 7) is 6.51. The second-order valence-electron chi connectivity index (χ2n) is 4.49. The molecule has 0 atom stereocenters. The van der Waals surface area contributed by atoms with Gasteiger partial charge in [0.2, 0.25) is 0 Å². The average Bonchev–Trinajstić information content (AvgIpc) is 2.66. The third kappa shape index (κ3) is 2.70. The van der Waals surface area contributed by atoms with Gasteiger partial charge in [0, 0.05) is 23.4 Å². The molecule has 1 aromatic heterocycles. The first kappa shape index (κ1) is 11.3. The maximum Gasteiger partial charge on any atom is 0.0953 e. The van der Waals surface area contributed by atoms with Gasteiger partial charge in [-0.05, 0) is 12.5 Å². The molecule has 0 aliphatic rings. The number of rotatable bonds is 3. The first-order valence-corrected chi connectivity index (χ1v) is 6.47. The highest BCUT2D eigenvalue weighted by Crippen LogP contribution is 2.23. The van der Waals surface area contributed by atoms with Crippen LogP contribution in [0.15, 0.2) is 30.5 Å². The summed E-state index contributed by atoms with van der Waals surface area (Å²) in [6.07, 6.45) is 3.02. The van der Waals surface area contributed by atoms with Gasteiger partial charge in [0.25, 0.3) is 0 Å². The molecule has 0 radical (unpaired) electrons. The van der Waals surface area contributed by atoms with E-state index in [2.05, 4.69) is 50.0 Å². The molecule has 0 saturated carbocycles. The number of hydrogen-bond donors (Lipinski definition) is 0. The first-order chi connectivity index (χ1) is 7.65. The minimum atomic E-state index is 0.538. The third-order valence-electron chi connectivity index (χ3n) is 2.53. The molecule has 1 aromatic carbocycles. The normalized spacial score (nSPS) is 11.0. The zero-order valence-electron chi connectivity index (χ0n) is 10.0. The lowest BCUT2D eigenvalue weighted by molar-refractivity contribution is 0.852. The first-order valence-electron chi connectivity index (χ1n) is 5.65. The van der Waals surface area contributed by atoms with E-state index in [9.17, 15) is 0 Å². The Hall–Kier alpha value is -1.15. The minimum Gasteiger partial charge on any atom is -0.249 e. The Kier molecular flexibility index (Phi) is 3.39. The number of thiazole rings is 1. The van der Waals surface area contributed by atoms with Crippen LogP contribution in [0.5, 0.6) is 0 Å². The molecular weight excluding hydrogens is 214 g/mol. The molecule has 0 amide bonds. The van der Waals surface area contributed by atoms with Crippen molar-refractivity contribution in [1.82, 2.24) is 4.98 Å². The van der Waals surface area contributed by atoms with E-state index in [-0.39, 0.29) is 0 Å². The molecule has 84 valence electrons. The maximum absolute atomic E-state index is 4.45. The summed E-state index contributed by atoms with van der Waals surface area (Å²) < 4.78 is 0. The minimum absolute atomic E-state index is 0.538. The van der Waals surface area contributed by atoms with E-state index < -0.39 is 0 Å². The second kappa shape index (κ2) is 4.79. The van der Waals surface area contributed by atoms with E-state index in [1.807, 2.05) is 17.5 Å². The highest BCUT2D eigenvalue weighted by Gasteiger charge is 2.06. The van der Waals surface area contributed by atoms with Crippen molar-refractivity contribution in [1.29, 1.82) is 0 Å². The van der Waals surface area contributed by atoms with E-state index in [0.29, 0.717) is 5.92 Å². The fraction of sp³-hybridized carbons (Fsp3) is 0.357. The van der Waals surface area contributed by atoms with Gasteiger partial charge in [-0.25, -0.2) is 4.98 Å². The Bertz CT molecular complexity index is 471. The van der Waals surface area contributed by atoms with Crippen LogP contribution in [-0.2, 0) is 6.42 Å². The van der Waals surface area contributed by atoms with Gasteiger partial charge in [0.1, 0.15) is 0 Å². The summed E-state index contributed by atoms with van der Waals surface area (Å²) in [5.74, 6) is 0.538. The van der Waals surface area contributed by atoms with Crippen molar-refractivity contribution in [2.45, 2.75) is 33.1 Å². The smallest absolute Gasteiger partial charge is 0.0953 e. The van der Waals surface area contributed by atoms with Gasteiger partial charge in [-0.2, -0.15) is 0 Å². The number of aryl methyl sites for hydroxylation is 1. The third-order valence-corrected chi connectivity index (χ3v) is 3.82. The highest BCUT2D eigenvalue weighted by atomic mass is 32.1. The van der Waals surface area contributed by atoms with Crippen LogP contribution in [0, 0.1) is 6.92 Å². The zero-order chi connectivity index (χ0) is 11.5. The van der Waals surface area contributed by atoms with Gasteiger partial charge in [-0.15, -0.1) is 11.3 Å². The molecule has 16 heavy (non-hydrogen) atoms. The fourth-order valence-electron chi connectivity index (χ4n) is 1.69. The largest absolute Gasteiger partial charge is 0.249 e. The predicted octanol–water partition coefficient (Wildman–Crippen LogP) is 4.17. The second-order valence-corrected chi connectivity index (χ2v) is 5.63. The predicted molar refractivity (Wildman–Crippen MR) is 70.2 cm³/mol. The zero-order valence-corrected chi connectivity index (χ0v) is 10.8. The van der Waals surface area contributed by atoms with Crippen molar-refractivity contribution in [2.24, 2.45) is 0 Å². The molecule has 0 fully saturated rings. The van der Waals surface area contributed by atoms with Crippen LogP contribution >= 0.6 is 11.3 Å². The van der Waals surface area contributed by atoms with Crippen molar-refractivity contribution < 1.29 is 0 Å². The lowest BCUT2D eigenvalue weighted by Gasteiger charge is -2.00. The van der Waals surface area contributed by atoms with Crippen LogP contribution in [0.2, 0.25) is 0 Å². The van der Waals surface area contributed by atoms with Crippen molar-refractivity contribution in [3.05, 3.63) is 51.5 Å². The lowest BCUT2D eigenvalue weighted by Crippen LogP contribution is -1.84. The number of benzene rings is 1. The van der Waals surface area contributed by atoms with Gasteiger partial charge < -0.3 is 0 Å². The molecule has 1 nitrogen and oxygen atoms in total. The molecule has 2 aromatic rings. The molecule has 0 saturated heterocycles. The van der Waals surface area contributed by atoms with Crippen LogP contribution < -0.4 is 0 Å². The molecule has 1 heterocycles. The van der Waals surface area contributed by atoms with Gasteiger partial charge in [0.15, 0.2) is 0 Å². The van der Waals surface area contributed by atoms with Crippen molar-refractivity contribution in [3.63, 3.8) is 0 Å². The summed E-state index contributed by atoms with van der Waals surface area (Å²) in [5.41, 5.74) is 2.70. The van der Waals surface area contributed by atoms with E-state index >= 15 is 0 Å². The summed E-state index contributed by atoms with van der Waals surface area (Å²) in [4.78, 5) is 5.81. The summed E-state index contributed by atoms with van der Waals surface area (Å²) in [6, 6.07) is 8.68. The van der Waals surface area contributed by atoms with Crippen LogP contribution in [-0.4, -0.2) is 4.98 Å². The van der Waals surface area contributed by atoms with Crippen LogP contribution in [0.4, 0.5) is 0 Å².